The van der Waals surface area contributed by atoms with Crippen molar-refractivity contribution in [1.82, 2.24) is 31.1 Å². The molecular formula is C26H45N9O9. The number of carbonyl (C=O) groups excluding carboxylic acids is 6. The number of aliphatic hydroxyl groups excluding tert-OH is 1. The minimum absolute atomic E-state index is 0.0485. The SMILES string of the molecule is CNC(=O)C(=O)CCC(C(=O)NC(CCCNC(=N)N)C(=O)NC(C)(C)C(=O)N1C[C@H](O)C[C@H]1C(N)=O)N(C(=O)O)C(C)C. The van der Waals surface area contributed by atoms with E-state index in [-0.39, 0.29) is 44.7 Å². The smallest absolute Gasteiger partial charge is 0.408 e. The number of nitrogens with zero attached hydrogens (tertiary/aromatic N) is 2. The van der Waals surface area contributed by atoms with E-state index in [1.165, 1.54) is 34.7 Å². The Labute approximate surface area is 255 Å². The van der Waals surface area contributed by atoms with Gasteiger partial charge in [-0.05, 0) is 47.0 Å². The maximum atomic E-state index is 13.5. The molecule has 0 aromatic rings. The Kier molecular flexibility index (Phi) is 14.0. The van der Waals surface area contributed by atoms with Gasteiger partial charge in [0.05, 0.1) is 6.10 Å². The summed E-state index contributed by atoms with van der Waals surface area (Å²) >= 11 is 0. The maximum Gasteiger partial charge on any atom is 0.408 e. The average molecular weight is 628 g/mol. The van der Waals surface area contributed by atoms with Crippen LogP contribution in [0.1, 0.15) is 59.8 Å². The summed E-state index contributed by atoms with van der Waals surface area (Å²) < 4.78 is 0. The van der Waals surface area contributed by atoms with E-state index in [0.717, 1.165) is 9.80 Å². The van der Waals surface area contributed by atoms with Gasteiger partial charge in [0, 0.05) is 39.0 Å². The fraction of sp³-hybridized carbons (Fsp3) is 0.692. The second-order valence-corrected chi connectivity index (χ2v) is 11.3. The molecule has 1 saturated heterocycles. The molecule has 0 bridgehead atoms. The molecule has 248 valence electrons. The number of carboxylic acid groups (broad SMARTS) is 1. The molecule has 0 aromatic carbocycles. The van der Waals surface area contributed by atoms with E-state index < -0.39 is 83.6 Å². The second-order valence-electron chi connectivity index (χ2n) is 11.3. The van der Waals surface area contributed by atoms with E-state index in [2.05, 4.69) is 21.3 Å². The molecule has 1 fully saturated rings. The van der Waals surface area contributed by atoms with Crippen LogP contribution in [0.15, 0.2) is 0 Å². The third-order valence-electron chi connectivity index (χ3n) is 7.00. The summed E-state index contributed by atoms with van der Waals surface area (Å²) in [5.41, 5.74) is 9.05. The predicted octanol–water partition coefficient (Wildman–Crippen LogP) is -3.07. The van der Waals surface area contributed by atoms with Crippen molar-refractivity contribution < 1.29 is 43.8 Å². The summed E-state index contributed by atoms with van der Waals surface area (Å²) in [6.07, 6.45) is -3.20. The van der Waals surface area contributed by atoms with Gasteiger partial charge in [-0.2, -0.15) is 0 Å². The Bertz CT molecular complexity index is 1130. The lowest BCUT2D eigenvalue weighted by molar-refractivity contribution is -0.144. The first-order valence-corrected chi connectivity index (χ1v) is 14.1. The van der Waals surface area contributed by atoms with Crippen molar-refractivity contribution in [2.75, 3.05) is 20.1 Å². The molecule has 44 heavy (non-hydrogen) atoms. The molecule has 18 nitrogen and oxygen atoms in total. The van der Waals surface area contributed by atoms with Gasteiger partial charge in [-0.25, -0.2) is 4.79 Å². The molecule has 11 N–H and O–H groups in total. The van der Waals surface area contributed by atoms with Gasteiger partial charge in [0.15, 0.2) is 5.96 Å². The van der Waals surface area contributed by atoms with Crippen molar-refractivity contribution in [3.63, 3.8) is 0 Å². The van der Waals surface area contributed by atoms with Crippen LogP contribution in [-0.4, -0.2) is 123 Å². The van der Waals surface area contributed by atoms with Crippen LogP contribution in [0.4, 0.5) is 4.79 Å². The molecule has 6 amide bonds. The minimum Gasteiger partial charge on any atom is -0.465 e. The number of primary amides is 1. The number of hydrogen-bond donors (Lipinski definition) is 9. The molecule has 0 radical (unpaired) electrons. The predicted molar refractivity (Wildman–Crippen MR) is 156 cm³/mol. The number of amides is 6. The topological polar surface area (TPSA) is 290 Å². The fourth-order valence-corrected chi connectivity index (χ4v) is 4.81. The number of carbonyl (C=O) groups is 7. The van der Waals surface area contributed by atoms with Gasteiger partial charge in [0.2, 0.25) is 29.4 Å². The highest BCUT2D eigenvalue weighted by Gasteiger charge is 2.44. The van der Waals surface area contributed by atoms with Crippen LogP contribution in [0.2, 0.25) is 0 Å². The number of nitrogens with one attached hydrogen (secondary N) is 5. The standard InChI is InChI=1S/C26H45N9O9/c1-13(2)35(25(43)44)16(8-9-18(37)22(41)30-5)21(40)32-15(7-6-10-31-24(28)29)20(39)33-26(3,4)23(42)34-12-14(36)11-17(34)19(27)38/h13-17,36H,6-12H2,1-5H3,(H2,27,38)(H,30,41)(H,32,40)(H,33,39)(H,43,44)(H4,28,29,31)/t14-,15?,16?,17+/m1/s1. The van der Waals surface area contributed by atoms with E-state index in [1.54, 1.807) is 0 Å². The zero-order valence-electron chi connectivity index (χ0n) is 25.6. The number of nitrogens with two attached hydrogens (primary N) is 2. The van der Waals surface area contributed by atoms with Crippen LogP contribution in [0, 0.1) is 5.41 Å². The van der Waals surface area contributed by atoms with Crippen LogP contribution in [-0.2, 0) is 28.8 Å². The molecule has 0 spiro atoms. The van der Waals surface area contributed by atoms with Gasteiger partial charge in [-0.3, -0.25) is 39.1 Å². The molecule has 1 aliphatic rings. The van der Waals surface area contributed by atoms with Crippen LogP contribution in [0.3, 0.4) is 0 Å². The fourth-order valence-electron chi connectivity index (χ4n) is 4.81. The molecular weight excluding hydrogens is 582 g/mol. The Morgan fingerprint density at radius 1 is 1.07 bits per heavy atom. The first-order valence-electron chi connectivity index (χ1n) is 14.1. The van der Waals surface area contributed by atoms with Gasteiger partial charge in [-0.1, -0.05) is 0 Å². The van der Waals surface area contributed by atoms with Crippen LogP contribution >= 0.6 is 0 Å². The lowest BCUT2D eigenvalue weighted by Gasteiger charge is -2.35. The number of likely N-dealkylation sites (N-methyl/N-ethyl adjacent to an activating group) is 1. The number of ketones is 1. The lowest BCUT2D eigenvalue weighted by atomic mass is 10.00. The summed E-state index contributed by atoms with van der Waals surface area (Å²) in [4.78, 5) is 90.1. The molecule has 4 atom stereocenters. The Hall–Kier alpha value is -4.48. The van der Waals surface area contributed by atoms with Crippen molar-refractivity contribution in [2.45, 2.75) is 95.6 Å². The molecule has 0 aliphatic carbocycles. The largest absolute Gasteiger partial charge is 0.465 e. The van der Waals surface area contributed by atoms with Crippen molar-refractivity contribution in [3.05, 3.63) is 0 Å². The first kappa shape index (κ1) is 37.5. The average Bonchev–Trinajstić information content (AvgIpc) is 3.31. The minimum atomic E-state index is -1.64. The molecule has 1 aliphatic heterocycles. The highest BCUT2D eigenvalue weighted by molar-refractivity contribution is 6.36. The third kappa shape index (κ3) is 10.7. The zero-order chi connectivity index (χ0) is 33.9. The Balaban J connectivity index is 3.28. The summed E-state index contributed by atoms with van der Waals surface area (Å²) in [5, 5.41) is 36.9. The molecule has 1 heterocycles. The maximum absolute atomic E-state index is 13.5. The summed E-state index contributed by atoms with van der Waals surface area (Å²) in [5.74, 6) is -5.40. The highest BCUT2D eigenvalue weighted by atomic mass is 16.4. The van der Waals surface area contributed by atoms with Crippen molar-refractivity contribution in [1.29, 1.82) is 5.41 Å². The second kappa shape index (κ2) is 16.4. The normalized spacial score (nSPS) is 17.7. The molecule has 0 aromatic heterocycles. The van der Waals surface area contributed by atoms with Crippen LogP contribution in [0.5, 0.6) is 0 Å². The molecule has 18 heteroatoms. The number of guanidine groups is 1. The molecule has 2 unspecified atom stereocenters. The monoisotopic (exact) mass is 627 g/mol. The zero-order valence-corrected chi connectivity index (χ0v) is 25.6. The van der Waals surface area contributed by atoms with Gasteiger partial charge < -0.3 is 47.8 Å². The van der Waals surface area contributed by atoms with Crippen LogP contribution < -0.4 is 32.7 Å². The first-order chi connectivity index (χ1) is 20.3. The quantitative estimate of drug-likeness (QED) is 0.0358. The molecule has 1 rings (SSSR count). The van der Waals surface area contributed by atoms with Gasteiger partial charge in [0.25, 0.3) is 5.91 Å². The number of aliphatic hydroxyl groups is 1. The van der Waals surface area contributed by atoms with Crippen molar-refractivity contribution in [2.24, 2.45) is 11.5 Å². The number of hydrogen-bond acceptors (Lipinski definition) is 9. The number of likely N-dealkylation sites (tertiary alicyclic amines) is 1. The number of Topliss-reactive ketones (excluding diaryl/α,β-unsaturated/α-hetero) is 1. The number of β-amino-alcohol motifs (C(OH)–C–C–N with tert-alkyl or cyclic N) is 1. The van der Waals surface area contributed by atoms with E-state index in [4.69, 9.17) is 16.9 Å². The Morgan fingerprint density at radius 3 is 2.18 bits per heavy atom. The van der Waals surface area contributed by atoms with Gasteiger partial charge in [0.1, 0.15) is 23.7 Å². The van der Waals surface area contributed by atoms with Crippen molar-refractivity contribution >= 4 is 47.4 Å². The van der Waals surface area contributed by atoms with Crippen molar-refractivity contribution in [3.8, 4) is 0 Å². The third-order valence-corrected chi connectivity index (χ3v) is 7.00. The van der Waals surface area contributed by atoms with E-state index >= 15 is 0 Å². The van der Waals surface area contributed by atoms with E-state index in [9.17, 15) is 43.8 Å². The molecule has 0 saturated carbocycles. The van der Waals surface area contributed by atoms with Gasteiger partial charge in [-0.15, -0.1) is 0 Å². The van der Waals surface area contributed by atoms with E-state index in [1.807, 2.05) is 0 Å². The summed E-state index contributed by atoms with van der Waals surface area (Å²) in [6.45, 7) is 5.71. The summed E-state index contributed by atoms with van der Waals surface area (Å²) in [7, 11) is 1.25. The lowest BCUT2D eigenvalue weighted by Crippen LogP contribution is -2.62. The summed E-state index contributed by atoms with van der Waals surface area (Å²) in [6, 6.07) is -4.61. The van der Waals surface area contributed by atoms with Crippen LogP contribution in [0.25, 0.3) is 0 Å². The van der Waals surface area contributed by atoms with E-state index in [0.29, 0.717) is 0 Å². The highest BCUT2D eigenvalue weighted by Crippen LogP contribution is 2.22. The Morgan fingerprint density at radius 2 is 1.68 bits per heavy atom. The number of rotatable bonds is 16. The van der Waals surface area contributed by atoms with Gasteiger partial charge >= 0.3 is 6.09 Å².